The third-order valence-corrected chi connectivity index (χ3v) is 1.52. The van der Waals surface area contributed by atoms with Crippen LogP contribution in [0.25, 0.3) is 11.3 Å². The number of hydrogen-bond acceptors (Lipinski definition) is 4. The standard InChI is InChI=1S/C7H5N3O2/c8-7(11)6-4-1-2-12-3-5(4)9-10-6/h1-3H,(H2,8,11). The number of nitrogens with zero attached hydrogens (tertiary/aromatic N) is 2. The molecule has 0 aromatic heterocycles. The van der Waals surface area contributed by atoms with Gasteiger partial charge in [0.2, 0.25) is 0 Å². The van der Waals surface area contributed by atoms with Crippen molar-refractivity contribution in [3.63, 3.8) is 0 Å². The molecule has 0 saturated heterocycles. The van der Waals surface area contributed by atoms with Gasteiger partial charge in [-0.25, -0.2) is 0 Å². The molecular formula is C7H5N3O2. The first-order valence-corrected chi connectivity index (χ1v) is 3.27. The van der Waals surface area contributed by atoms with Crippen molar-refractivity contribution >= 4 is 5.91 Å². The first-order chi connectivity index (χ1) is 5.79. The van der Waals surface area contributed by atoms with Gasteiger partial charge in [-0.3, -0.25) is 4.79 Å². The normalized spacial score (nSPS) is 10.3. The summed E-state index contributed by atoms with van der Waals surface area (Å²) in [6.07, 6.45) is 2.85. The van der Waals surface area contributed by atoms with Crippen molar-refractivity contribution in [1.82, 2.24) is 10.2 Å². The van der Waals surface area contributed by atoms with Gasteiger partial charge < -0.3 is 10.2 Å². The van der Waals surface area contributed by atoms with Crippen molar-refractivity contribution in [2.24, 2.45) is 5.73 Å². The summed E-state index contributed by atoms with van der Waals surface area (Å²) in [7, 11) is 0. The fraction of sp³-hybridized carbons (Fsp3) is 0. The smallest absolute Gasteiger partial charge is 0.269 e. The van der Waals surface area contributed by atoms with E-state index in [0.29, 0.717) is 11.3 Å². The molecule has 5 nitrogen and oxygen atoms in total. The van der Waals surface area contributed by atoms with E-state index < -0.39 is 5.91 Å². The lowest BCUT2D eigenvalue weighted by Gasteiger charge is -1.93. The van der Waals surface area contributed by atoms with Crippen LogP contribution < -0.4 is 5.73 Å². The molecule has 2 aliphatic heterocycles. The molecule has 12 heavy (non-hydrogen) atoms. The summed E-state index contributed by atoms with van der Waals surface area (Å²) >= 11 is 0. The Morgan fingerprint density at radius 2 is 2.33 bits per heavy atom. The maximum atomic E-state index is 10.8. The molecule has 0 spiro atoms. The minimum Gasteiger partial charge on any atom is -0.470 e. The second-order valence-electron chi connectivity index (χ2n) is 2.27. The Morgan fingerprint density at radius 3 is 3.08 bits per heavy atom. The maximum Gasteiger partial charge on any atom is 0.269 e. The number of rotatable bonds is 1. The Balaban J connectivity index is 2.67. The van der Waals surface area contributed by atoms with E-state index in [0.717, 1.165) is 0 Å². The van der Waals surface area contributed by atoms with Crippen LogP contribution >= 0.6 is 0 Å². The molecule has 5 heteroatoms. The molecule has 1 amide bonds. The summed E-state index contributed by atoms with van der Waals surface area (Å²) in [6.45, 7) is 0. The van der Waals surface area contributed by atoms with Crippen molar-refractivity contribution in [2.45, 2.75) is 0 Å². The van der Waals surface area contributed by atoms with Gasteiger partial charge in [-0.2, -0.15) is 0 Å². The van der Waals surface area contributed by atoms with Gasteiger partial charge in [-0.15, -0.1) is 10.2 Å². The van der Waals surface area contributed by atoms with Gasteiger partial charge in [0.05, 0.1) is 6.26 Å². The summed E-state index contributed by atoms with van der Waals surface area (Å²) in [5, 5.41) is 7.31. The molecule has 0 aromatic carbocycles. The zero-order valence-corrected chi connectivity index (χ0v) is 6.02. The third-order valence-electron chi connectivity index (χ3n) is 1.52. The van der Waals surface area contributed by atoms with Crippen LogP contribution in [0.15, 0.2) is 23.0 Å². The molecule has 0 radical (unpaired) electrons. The maximum absolute atomic E-state index is 10.8. The number of carbonyl (C=O) groups is 1. The van der Waals surface area contributed by atoms with E-state index in [-0.39, 0.29) is 5.69 Å². The van der Waals surface area contributed by atoms with Gasteiger partial charge in [0, 0.05) is 5.56 Å². The van der Waals surface area contributed by atoms with E-state index in [2.05, 4.69) is 10.2 Å². The van der Waals surface area contributed by atoms with Gasteiger partial charge in [0.1, 0.15) is 12.0 Å². The largest absolute Gasteiger partial charge is 0.470 e. The molecule has 0 aliphatic carbocycles. The number of primary amides is 1. The highest BCUT2D eigenvalue weighted by atomic mass is 16.3. The molecule has 0 aromatic rings. The SMILES string of the molecule is NC(=O)c1nnc2coccc1-2. The summed E-state index contributed by atoms with van der Waals surface area (Å²) in [5.41, 5.74) is 6.39. The number of amides is 1. The van der Waals surface area contributed by atoms with Crippen molar-refractivity contribution in [3.05, 3.63) is 24.3 Å². The van der Waals surface area contributed by atoms with Crippen molar-refractivity contribution in [2.75, 3.05) is 0 Å². The highest BCUT2D eigenvalue weighted by Gasteiger charge is 2.16. The molecule has 0 saturated carbocycles. The Hall–Kier alpha value is -1.91. The highest BCUT2D eigenvalue weighted by Crippen LogP contribution is 2.21. The zero-order chi connectivity index (χ0) is 8.55. The molecule has 2 aliphatic rings. The van der Waals surface area contributed by atoms with E-state index in [1.54, 1.807) is 6.07 Å². The van der Waals surface area contributed by atoms with Crippen LogP contribution in [0.2, 0.25) is 0 Å². The van der Waals surface area contributed by atoms with E-state index in [4.69, 9.17) is 10.2 Å². The zero-order valence-electron chi connectivity index (χ0n) is 6.02. The van der Waals surface area contributed by atoms with Gasteiger partial charge in [0.25, 0.3) is 5.91 Å². The summed E-state index contributed by atoms with van der Waals surface area (Å²) in [6, 6.07) is 1.61. The molecule has 2 rings (SSSR count). The minimum atomic E-state index is -0.580. The summed E-state index contributed by atoms with van der Waals surface area (Å²) < 4.78 is 4.83. The van der Waals surface area contributed by atoms with Crippen LogP contribution in [-0.2, 0) is 0 Å². The second-order valence-corrected chi connectivity index (χ2v) is 2.27. The molecular weight excluding hydrogens is 158 g/mol. The predicted octanol–water partition coefficient (Wildman–Crippen LogP) is 0.273. The van der Waals surface area contributed by atoms with Crippen molar-refractivity contribution < 1.29 is 9.21 Å². The highest BCUT2D eigenvalue weighted by molar-refractivity contribution is 5.97. The average Bonchev–Trinajstić information content (AvgIpc) is 2.47. The fourth-order valence-corrected chi connectivity index (χ4v) is 0.977. The van der Waals surface area contributed by atoms with E-state index >= 15 is 0 Å². The number of carbonyl (C=O) groups excluding carboxylic acids is 1. The topological polar surface area (TPSA) is 82.0 Å². The predicted molar refractivity (Wildman–Crippen MR) is 39.4 cm³/mol. The molecule has 0 bridgehead atoms. The van der Waals surface area contributed by atoms with Gasteiger partial charge in [-0.05, 0) is 6.07 Å². The van der Waals surface area contributed by atoms with Crippen molar-refractivity contribution in [3.8, 4) is 11.3 Å². The number of hydrogen-bond donors (Lipinski definition) is 1. The lowest BCUT2D eigenvalue weighted by atomic mass is 10.2. The van der Waals surface area contributed by atoms with E-state index in [1.807, 2.05) is 0 Å². The van der Waals surface area contributed by atoms with Crippen LogP contribution in [-0.4, -0.2) is 16.1 Å². The lowest BCUT2D eigenvalue weighted by molar-refractivity contribution is 0.0996. The van der Waals surface area contributed by atoms with Gasteiger partial charge in [-0.1, -0.05) is 0 Å². The van der Waals surface area contributed by atoms with Crippen LogP contribution in [0.4, 0.5) is 0 Å². The molecule has 0 unspecified atom stereocenters. The monoisotopic (exact) mass is 163 g/mol. The molecule has 2 heterocycles. The van der Waals surface area contributed by atoms with E-state index in [9.17, 15) is 4.79 Å². The summed E-state index contributed by atoms with van der Waals surface area (Å²) in [4.78, 5) is 10.8. The molecule has 0 atom stereocenters. The fourth-order valence-electron chi connectivity index (χ4n) is 0.977. The first-order valence-electron chi connectivity index (χ1n) is 3.27. The van der Waals surface area contributed by atoms with Crippen LogP contribution in [0.5, 0.6) is 0 Å². The molecule has 2 N–H and O–H groups in total. The minimum absolute atomic E-state index is 0.181. The van der Waals surface area contributed by atoms with E-state index in [1.165, 1.54) is 12.5 Å². The van der Waals surface area contributed by atoms with Gasteiger partial charge >= 0.3 is 0 Å². The Kier molecular flexibility index (Phi) is 1.30. The lowest BCUT2D eigenvalue weighted by Crippen LogP contribution is -2.12. The third kappa shape index (κ3) is 0.833. The Morgan fingerprint density at radius 1 is 1.50 bits per heavy atom. The van der Waals surface area contributed by atoms with Crippen LogP contribution in [0.1, 0.15) is 10.5 Å². The Bertz CT molecular complexity index is 396. The van der Waals surface area contributed by atoms with Gasteiger partial charge in [0.15, 0.2) is 5.69 Å². The number of aromatic nitrogens is 2. The van der Waals surface area contributed by atoms with Crippen LogP contribution in [0, 0.1) is 0 Å². The molecule has 60 valence electrons. The van der Waals surface area contributed by atoms with Crippen molar-refractivity contribution in [1.29, 1.82) is 0 Å². The van der Waals surface area contributed by atoms with Crippen LogP contribution in [0.3, 0.4) is 0 Å². The second kappa shape index (κ2) is 2.30. The first kappa shape index (κ1) is 6.78. The number of nitrogens with two attached hydrogens (primary N) is 1. The quantitative estimate of drug-likeness (QED) is 0.654. The molecule has 0 fully saturated rings. The Labute approximate surface area is 67.5 Å². The number of fused-ring (bicyclic) bond motifs is 1. The average molecular weight is 163 g/mol. The summed E-state index contributed by atoms with van der Waals surface area (Å²) in [5.74, 6) is -0.580.